The maximum atomic E-state index is 5.38. The Labute approximate surface area is 74.9 Å². The van der Waals surface area contributed by atoms with Crippen LogP contribution in [0.5, 0.6) is 0 Å². The second-order valence-electron chi connectivity index (χ2n) is 4.14. The number of ether oxygens (including phenoxy) is 1. The van der Waals surface area contributed by atoms with Gasteiger partial charge in [0.25, 0.3) is 0 Å². The molecule has 0 aromatic carbocycles. The molecule has 2 fully saturated rings. The quantitative estimate of drug-likeness (QED) is 0.590. The van der Waals surface area contributed by atoms with Crippen molar-refractivity contribution in [3.63, 3.8) is 0 Å². The van der Waals surface area contributed by atoms with Crippen LogP contribution in [0, 0.1) is 5.92 Å². The molecular weight excluding hydrogens is 150 g/mol. The van der Waals surface area contributed by atoms with E-state index < -0.39 is 0 Å². The van der Waals surface area contributed by atoms with E-state index in [9.17, 15) is 0 Å². The third kappa shape index (κ3) is 1.64. The molecule has 0 bridgehead atoms. The van der Waals surface area contributed by atoms with E-state index >= 15 is 0 Å². The van der Waals surface area contributed by atoms with Crippen LogP contribution in [0.3, 0.4) is 0 Å². The molecule has 2 aliphatic rings. The number of rotatable bonds is 1. The van der Waals surface area contributed by atoms with E-state index in [-0.39, 0.29) is 0 Å². The largest absolute Gasteiger partial charge is 0.381 e. The fraction of sp³-hybridized carbons (Fsp3) is 1.00. The zero-order valence-electron chi connectivity index (χ0n) is 7.96. The molecule has 0 spiro atoms. The molecule has 70 valence electrons. The molecule has 0 amide bonds. The number of likely N-dealkylation sites (tertiary alicyclic amines) is 1. The van der Waals surface area contributed by atoms with Crippen LogP contribution >= 0.6 is 0 Å². The van der Waals surface area contributed by atoms with Crippen molar-refractivity contribution < 1.29 is 4.74 Å². The van der Waals surface area contributed by atoms with E-state index in [1.807, 2.05) is 0 Å². The van der Waals surface area contributed by atoms with Crippen molar-refractivity contribution in [2.45, 2.75) is 31.7 Å². The SMILES string of the molecule is CN1CCCC1C1CCOCC1. The highest BCUT2D eigenvalue weighted by Crippen LogP contribution is 2.28. The lowest BCUT2D eigenvalue weighted by Crippen LogP contribution is -2.35. The van der Waals surface area contributed by atoms with Gasteiger partial charge in [-0.1, -0.05) is 0 Å². The molecule has 0 N–H and O–H groups in total. The van der Waals surface area contributed by atoms with Crippen molar-refractivity contribution in [1.29, 1.82) is 0 Å². The van der Waals surface area contributed by atoms with Crippen molar-refractivity contribution in [3.05, 3.63) is 0 Å². The number of hydrogen-bond donors (Lipinski definition) is 0. The highest BCUT2D eigenvalue weighted by molar-refractivity contribution is 4.84. The van der Waals surface area contributed by atoms with Crippen molar-refractivity contribution in [3.8, 4) is 0 Å². The van der Waals surface area contributed by atoms with Gasteiger partial charge in [-0.3, -0.25) is 0 Å². The van der Waals surface area contributed by atoms with Gasteiger partial charge >= 0.3 is 0 Å². The summed E-state index contributed by atoms with van der Waals surface area (Å²) in [4.78, 5) is 2.54. The first-order valence-corrected chi connectivity index (χ1v) is 5.16. The summed E-state index contributed by atoms with van der Waals surface area (Å²) in [5.41, 5.74) is 0. The summed E-state index contributed by atoms with van der Waals surface area (Å²) in [5, 5.41) is 0. The van der Waals surface area contributed by atoms with Crippen molar-refractivity contribution in [2.24, 2.45) is 5.92 Å². The Morgan fingerprint density at radius 2 is 1.92 bits per heavy atom. The number of hydrogen-bond acceptors (Lipinski definition) is 2. The Morgan fingerprint density at radius 1 is 1.17 bits per heavy atom. The maximum Gasteiger partial charge on any atom is 0.0469 e. The number of nitrogens with zero attached hydrogens (tertiary/aromatic N) is 1. The second-order valence-corrected chi connectivity index (χ2v) is 4.14. The summed E-state index contributed by atoms with van der Waals surface area (Å²) in [5.74, 6) is 0.922. The molecule has 2 heteroatoms. The molecule has 1 unspecified atom stereocenters. The monoisotopic (exact) mass is 169 g/mol. The normalized spacial score (nSPS) is 34.2. The lowest BCUT2D eigenvalue weighted by atomic mass is 9.90. The Morgan fingerprint density at radius 3 is 2.50 bits per heavy atom. The average Bonchev–Trinajstić information content (AvgIpc) is 2.53. The molecule has 1 atom stereocenters. The zero-order chi connectivity index (χ0) is 8.39. The van der Waals surface area contributed by atoms with Crippen LogP contribution in [0.2, 0.25) is 0 Å². The minimum atomic E-state index is 0.869. The minimum Gasteiger partial charge on any atom is -0.381 e. The van der Waals surface area contributed by atoms with Crippen LogP contribution in [0.4, 0.5) is 0 Å². The highest BCUT2D eigenvalue weighted by Gasteiger charge is 2.29. The minimum absolute atomic E-state index is 0.869. The molecule has 0 radical (unpaired) electrons. The summed E-state index contributed by atoms with van der Waals surface area (Å²) in [6.07, 6.45) is 5.39. The molecule has 2 rings (SSSR count). The molecule has 0 saturated carbocycles. The van der Waals surface area contributed by atoms with E-state index in [0.29, 0.717) is 0 Å². The van der Waals surface area contributed by atoms with Crippen LogP contribution in [-0.4, -0.2) is 37.7 Å². The van der Waals surface area contributed by atoms with E-state index in [4.69, 9.17) is 4.74 Å². The Kier molecular flexibility index (Phi) is 2.66. The van der Waals surface area contributed by atoms with E-state index in [1.54, 1.807) is 0 Å². The molecule has 2 aliphatic heterocycles. The third-order valence-corrected chi connectivity index (χ3v) is 3.39. The van der Waals surface area contributed by atoms with Gasteiger partial charge in [0.05, 0.1) is 0 Å². The Balaban J connectivity index is 1.89. The van der Waals surface area contributed by atoms with E-state index in [2.05, 4.69) is 11.9 Å². The van der Waals surface area contributed by atoms with Crippen molar-refractivity contribution >= 4 is 0 Å². The first kappa shape index (κ1) is 8.52. The zero-order valence-corrected chi connectivity index (χ0v) is 7.96. The van der Waals surface area contributed by atoms with Crippen LogP contribution in [-0.2, 0) is 4.74 Å². The van der Waals surface area contributed by atoms with Gasteiger partial charge in [0.15, 0.2) is 0 Å². The Hall–Kier alpha value is -0.0800. The van der Waals surface area contributed by atoms with Crippen LogP contribution < -0.4 is 0 Å². The predicted molar refractivity (Wildman–Crippen MR) is 49.2 cm³/mol. The fourth-order valence-electron chi connectivity index (χ4n) is 2.63. The third-order valence-electron chi connectivity index (χ3n) is 3.39. The summed E-state index contributed by atoms with van der Waals surface area (Å²) in [7, 11) is 2.27. The Bertz CT molecular complexity index is 143. The van der Waals surface area contributed by atoms with Gasteiger partial charge in [-0.05, 0) is 45.2 Å². The van der Waals surface area contributed by atoms with Gasteiger partial charge in [0, 0.05) is 19.3 Å². The molecule has 2 saturated heterocycles. The van der Waals surface area contributed by atoms with Gasteiger partial charge in [-0.25, -0.2) is 0 Å². The van der Waals surface area contributed by atoms with Gasteiger partial charge in [0.2, 0.25) is 0 Å². The molecule has 0 aromatic rings. The predicted octanol–water partition coefficient (Wildman–Crippen LogP) is 1.51. The molecule has 0 aromatic heterocycles. The van der Waals surface area contributed by atoms with Crippen LogP contribution in [0.25, 0.3) is 0 Å². The van der Waals surface area contributed by atoms with Crippen LogP contribution in [0.1, 0.15) is 25.7 Å². The summed E-state index contributed by atoms with van der Waals surface area (Å²) in [6, 6.07) is 0.869. The average molecular weight is 169 g/mol. The first-order valence-electron chi connectivity index (χ1n) is 5.16. The van der Waals surface area contributed by atoms with Crippen LogP contribution in [0.15, 0.2) is 0 Å². The van der Waals surface area contributed by atoms with Gasteiger partial charge in [0.1, 0.15) is 0 Å². The van der Waals surface area contributed by atoms with Gasteiger partial charge in [-0.15, -0.1) is 0 Å². The van der Waals surface area contributed by atoms with Crippen molar-refractivity contribution in [1.82, 2.24) is 4.90 Å². The standard InChI is InChI=1S/C10H19NO/c1-11-6-2-3-10(11)9-4-7-12-8-5-9/h9-10H,2-8H2,1H3. The highest BCUT2D eigenvalue weighted by atomic mass is 16.5. The topological polar surface area (TPSA) is 12.5 Å². The fourth-order valence-corrected chi connectivity index (χ4v) is 2.63. The molecular formula is C10H19NO. The summed E-state index contributed by atoms with van der Waals surface area (Å²) >= 11 is 0. The molecule has 2 heterocycles. The van der Waals surface area contributed by atoms with Gasteiger partial charge < -0.3 is 9.64 Å². The molecule has 12 heavy (non-hydrogen) atoms. The lowest BCUT2D eigenvalue weighted by Gasteiger charge is -2.31. The molecule has 0 aliphatic carbocycles. The van der Waals surface area contributed by atoms with E-state index in [0.717, 1.165) is 25.2 Å². The van der Waals surface area contributed by atoms with E-state index in [1.165, 1.54) is 32.2 Å². The smallest absolute Gasteiger partial charge is 0.0469 e. The lowest BCUT2D eigenvalue weighted by molar-refractivity contribution is 0.0406. The van der Waals surface area contributed by atoms with Gasteiger partial charge in [-0.2, -0.15) is 0 Å². The first-order chi connectivity index (χ1) is 5.88. The maximum absolute atomic E-state index is 5.38. The summed E-state index contributed by atoms with van der Waals surface area (Å²) in [6.45, 7) is 3.30. The second kappa shape index (κ2) is 3.75. The van der Waals surface area contributed by atoms with Crippen molar-refractivity contribution in [2.75, 3.05) is 26.8 Å². The molecule has 2 nitrogen and oxygen atoms in total. The summed E-state index contributed by atoms with van der Waals surface area (Å²) < 4.78 is 5.38.